The number of carbonyl (C=O) groups excluding carboxylic acids is 1. The van der Waals surface area contributed by atoms with Gasteiger partial charge in [0.15, 0.2) is 0 Å². The Bertz CT molecular complexity index is 504. The van der Waals surface area contributed by atoms with Crippen molar-refractivity contribution in [3.8, 4) is 5.75 Å². The van der Waals surface area contributed by atoms with E-state index < -0.39 is 0 Å². The molecule has 0 spiro atoms. The van der Waals surface area contributed by atoms with Gasteiger partial charge in [0, 0.05) is 30.1 Å². The first-order valence-electron chi connectivity index (χ1n) is 6.69. The van der Waals surface area contributed by atoms with E-state index in [2.05, 4.69) is 10.6 Å². The lowest BCUT2D eigenvalue weighted by Crippen LogP contribution is -2.47. The molecule has 0 aliphatic carbocycles. The summed E-state index contributed by atoms with van der Waals surface area (Å²) < 4.78 is 5.65. The molecule has 1 fully saturated rings. The number of fused-ring (bicyclic) bond motifs is 1. The molecule has 2 aliphatic heterocycles. The molecule has 3 rings (SSSR count). The van der Waals surface area contributed by atoms with Gasteiger partial charge >= 0.3 is 0 Å². The maximum atomic E-state index is 11.7. The van der Waals surface area contributed by atoms with Crippen LogP contribution in [0, 0.1) is 0 Å². The van der Waals surface area contributed by atoms with E-state index in [9.17, 15) is 4.79 Å². The van der Waals surface area contributed by atoms with Gasteiger partial charge in [-0.3, -0.25) is 4.79 Å². The van der Waals surface area contributed by atoms with Crippen LogP contribution in [0.25, 0.3) is 0 Å². The number of benzene rings is 1. The Kier molecular flexibility index (Phi) is 3.62. The first-order valence-corrected chi connectivity index (χ1v) is 7.07. The average molecular weight is 281 g/mol. The van der Waals surface area contributed by atoms with Gasteiger partial charge in [0.2, 0.25) is 5.91 Å². The zero-order valence-electron chi connectivity index (χ0n) is 10.7. The molecule has 5 heteroatoms. The summed E-state index contributed by atoms with van der Waals surface area (Å²) in [5.41, 5.74) is 2.20. The molecule has 102 valence electrons. The SMILES string of the molecule is O=C1NCCCC1NCc1cc(Cl)cc2c1OCC2. The van der Waals surface area contributed by atoms with Crippen LogP contribution in [0.15, 0.2) is 12.1 Å². The minimum atomic E-state index is -0.107. The first kappa shape index (κ1) is 12.8. The van der Waals surface area contributed by atoms with E-state index in [1.807, 2.05) is 12.1 Å². The summed E-state index contributed by atoms with van der Waals surface area (Å²) in [6, 6.07) is 3.77. The normalized spacial score (nSPS) is 21.7. The van der Waals surface area contributed by atoms with E-state index in [4.69, 9.17) is 16.3 Å². The van der Waals surface area contributed by atoms with E-state index in [0.29, 0.717) is 13.2 Å². The van der Waals surface area contributed by atoms with E-state index >= 15 is 0 Å². The predicted molar refractivity (Wildman–Crippen MR) is 73.5 cm³/mol. The lowest BCUT2D eigenvalue weighted by molar-refractivity contribution is -0.124. The lowest BCUT2D eigenvalue weighted by Gasteiger charge is -2.23. The second-order valence-electron chi connectivity index (χ2n) is 5.02. The lowest BCUT2D eigenvalue weighted by atomic mass is 10.0. The number of nitrogens with one attached hydrogen (secondary N) is 2. The third-order valence-electron chi connectivity index (χ3n) is 3.65. The molecule has 1 aromatic rings. The molecule has 1 aromatic carbocycles. The molecule has 0 saturated carbocycles. The Morgan fingerprint density at radius 2 is 2.37 bits per heavy atom. The molecule has 1 unspecified atom stereocenters. The largest absolute Gasteiger partial charge is 0.493 e. The number of piperidine rings is 1. The van der Waals surface area contributed by atoms with Crippen molar-refractivity contribution in [2.45, 2.75) is 31.8 Å². The van der Waals surface area contributed by atoms with E-state index in [0.717, 1.165) is 47.7 Å². The minimum Gasteiger partial charge on any atom is -0.493 e. The molecule has 1 atom stereocenters. The highest BCUT2D eigenvalue weighted by Gasteiger charge is 2.23. The fraction of sp³-hybridized carbons (Fsp3) is 0.500. The summed E-state index contributed by atoms with van der Waals surface area (Å²) in [4.78, 5) is 11.7. The maximum absolute atomic E-state index is 11.7. The molecule has 0 aromatic heterocycles. The summed E-state index contributed by atoms with van der Waals surface area (Å²) in [6.45, 7) is 2.11. The summed E-state index contributed by atoms with van der Waals surface area (Å²) in [5.74, 6) is 1.03. The van der Waals surface area contributed by atoms with E-state index in [1.165, 1.54) is 0 Å². The van der Waals surface area contributed by atoms with E-state index in [1.54, 1.807) is 0 Å². The Balaban J connectivity index is 1.71. The number of halogens is 1. The maximum Gasteiger partial charge on any atom is 0.237 e. The fourth-order valence-electron chi connectivity index (χ4n) is 2.68. The van der Waals surface area contributed by atoms with Gasteiger partial charge in [0.1, 0.15) is 5.75 Å². The van der Waals surface area contributed by atoms with Gasteiger partial charge in [0.05, 0.1) is 12.6 Å². The van der Waals surface area contributed by atoms with Crippen molar-refractivity contribution in [3.63, 3.8) is 0 Å². The third kappa shape index (κ3) is 2.69. The van der Waals surface area contributed by atoms with Crippen LogP contribution in [0.4, 0.5) is 0 Å². The molecule has 19 heavy (non-hydrogen) atoms. The number of carbonyl (C=O) groups is 1. The molecule has 2 N–H and O–H groups in total. The molecule has 0 radical (unpaired) electrons. The first-order chi connectivity index (χ1) is 9.24. The molecule has 2 heterocycles. The molecule has 2 aliphatic rings. The van der Waals surface area contributed by atoms with Crippen LogP contribution in [0.2, 0.25) is 5.02 Å². The standard InChI is InChI=1S/C14H17ClN2O2/c15-11-6-9-3-5-19-13(9)10(7-11)8-17-12-2-1-4-16-14(12)18/h6-7,12,17H,1-5,8H2,(H,16,18). The van der Waals surface area contributed by atoms with Crippen molar-refractivity contribution >= 4 is 17.5 Å². The van der Waals surface area contributed by atoms with Crippen molar-refractivity contribution in [2.24, 2.45) is 0 Å². The minimum absolute atomic E-state index is 0.0887. The predicted octanol–water partition coefficient (Wildman–Crippen LogP) is 1.64. The second kappa shape index (κ2) is 5.39. The van der Waals surface area contributed by atoms with Gasteiger partial charge in [-0.25, -0.2) is 0 Å². The zero-order valence-corrected chi connectivity index (χ0v) is 11.4. The smallest absolute Gasteiger partial charge is 0.237 e. The quantitative estimate of drug-likeness (QED) is 0.885. The molecule has 1 saturated heterocycles. The van der Waals surface area contributed by atoms with Gasteiger partial charge in [-0.2, -0.15) is 0 Å². The summed E-state index contributed by atoms with van der Waals surface area (Å²) in [7, 11) is 0. The Labute approximate surface area is 117 Å². The van der Waals surface area contributed by atoms with Gasteiger partial charge in [-0.15, -0.1) is 0 Å². The second-order valence-corrected chi connectivity index (χ2v) is 5.45. The van der Waals surface area contributed by atoms with Crippen LogP contribution in [-0.2, 0) is 17.8 Å². The van der Waals surface area contributed by atoms with Crippen LogP contribution in [0.5, 0.6) is 5.75 Å². The molecule has 4 nitrogen and oxygen atoms in total. The van der Waals surface area contributed by atoms with Gasteiger partial charge < -0.3 is 15.4 Å². The average Bonchev–Trinajstić information content (AvgIpc) is 2.85. The highest BCUT2D eigenvalue weighted by molar-refractivity contribution is 6.30. The number of amides is 1. The molecule has 1 amide bonds. The highest BCUT2D eigenvalue weighted by Crippen LogP contribution is 2.32. The van der Waals surface area contributed by atoms with Crippen LogP contribution in [-0.4, -0.2) is 25.1 Å². The molecule has 0 bridgehead atoms. The van der Waals surface area contributed by atoms with E-state index in [-0.39, 0.29) is 11.9 Å². The van der Waals surface area contributed by atoms with Crippen molar-refractivity contribution in [3.05, 3.63) is 28.3 Å². The monoisotopic (exact) mass is 280 g/mol. The van der Waals surface area contributed by atoms with Gasteiger partial charge in [-0.1, -0.05) is 11.6 Å². The fourth-order valence-corrected chi connectivity index (χ4v) is 2.94. The third-order valence-corrected chi connectivity index (χ3v) is 3.87. The topological polar surface area (TPSA) is 50.4 Å². The van der Waals surface area contributed by atoms with Crippen LogP contribution in [0.3, 0.4) is 0 Å². The zero-order chi connectivity index (χ0) is 13.2. The molecular weight excluding hydrogens is 264 g/mol. The van der Waals surface area contributed by atoms with Crippen molar-refractivity contribution in [1.29, 1.82) is 0 Å². The number of rotatable bonds is 3. The number of hydrogen-bond acceptors (Lipinski definition) is 3. The Hall–Kier alpha value is -1.26. The van der Waals surface area contributed by atoms with Crippen LogP contribution < -0.4 is 15.4 Å². The van der Waals surface area contributed by atoms with Gasteiger partial charge in [-0.05, 0) is 30.5 Å². The van der Waals surface area contributed by atoms with Crippen molar-refractivity contribution < 1.29 is 9.53 Å². The van der Waals surface area contributed by atoms with Gasteiger partial charge in [0.25, 0.3) is 0 Å². The summed E-state index contributed by atoms with van der Waals surface area (Å²) in [5, 5.41) is 6.90. The van der Waals surface area contributed by atoms with Crippen molar-refractivity contribution in [1.82, 2.24) is 10.6 Å². The number of hydrogen-bond donors (Lipinski definition) is 2. The Morgan fingerprint density at radius 3 is 3.21 bits per heavy atom. The number of ether oxygens (including phenoxy) is 1. The Morgan fingerprint density at radius 1 is 1.47 bits per heavy atom. The van der Waals surface area contributed by atoms with Crippen molar-refractivity contribution in [2.75, 3.05) is 13.2 Å². The van der Waals surface area contributed by atoms with Crippen LogP contribution >= 0.6 is 11.6 Å². The summed E-state index contributed by atoms with van der Waals surface area (Å²) in [6.07, 6.45) is 2.82. The van der Waals surface area contributed by atoms with Crippen LogP contribution in [0.1, 0.15) is 24.0 Å². The highest BCUT2D eigenvalue weighted by atomic mass is 35.5. The summed E-state index contributed by atoms with van der Waals surface area (Å²) >= 11 is 6.12. The molecular formula is C14H17ClN2O2.